The Hall–Kier alpha value is -1.35. The fraction of sp³-hybridized carbons (Fsp3) is 0.533. The van der Waals surface area contributed by atoms with Crippen LogP contribution >= 0.6 is 0 Å². The maximum atomic E-state index is 11.4. The van der Waals surface area contributed by atoms with Crippen molar-refractivity contribution in [2.45, 2.75) is 44.7 Å². The molecule has 0 saturated carbocycles. The fourth-order valence-electron chi connectivity index (χ4n) is 2.63. The van der Waals surface area contributed by atoms with E-state index in [-0.39, 0.29) is 6.04 Å². The van der Waals surface area contributed by atoms with Crippen molar-refractivity contribution in [2.24, 2.45) is 0 Å². The van der Waals surface area contributed by atoms with Gasteiger partial charge in [0.05, 0.1) is 0 Å². The van der Waals surface area contributed by atoms with Crippen LogP contribution in [0.3, 0.4) is 0 Å². The Balaban J connectivity index is 2.07. The fourth-order valence-corrected chi connectivity index (χ4v) is 2.63. The van der Waals surface area contributed by atoms with Gasteiger partial charge in [0.1, 0.15) is 6.04 Å². The van der Waals surface area contributed by atoms with Crippen molar-refractivity contribution in [3.05, 3.63) is 35.9 Å². The molecule has 0 bridgehead atoms. The normalized spacial score (nSPS) is 22.1. The van der Waals surface area contributed by atoms with Crippen LogP contribution in [0.1, 0.15) is 37.7 Å². The lowest BCUT2D eigenvalue weighted by atomic mass is 10.0. The Bertz CT molecular complexity index is 377. The second kappa shape index (κ2) is 6.55. The van der Waals surface area contributed by atoms with E-state index < -0.39 is 5.97 Å². The summed E-state index contributed by atoms with van der Waals surface area (Å²) in [6, 6.07) is 9.83. The monoisotopic (exact) mass is 247 g/mol. The summed E-state index contributed by atoms with van der Waals surface area (Å²) < 4.78 is 0. The number of carboxylic acids is 1. The van der Waals surface area contributed by atoms with Gasteiger partial charge in [0.2, 0.25) is 0 Å². The molecule has 2 rings (SSSR count). The highest BCUT2D eigenvalue weighted by molar-refractivity contribution is 5.73. The van der Waals surface area contributed by atoms with Gasteiger partial charge in [0, 0.05) is 6.54 Å². The van der Waals surface area contributed by atoms with Gasteiger partial charge in [-0.2, -0.15) is 0 Å². The summed E-state index contributed by atoms with van der Waals surface area (Å²) in [4.78, 5) is 13.5. The van der Waals surface area contributed by atoms with Crippen LogP contribution in [0.4, 0.5) is 0 Å². The SMILES string of the molecule is O=C(O)C1CCCCCCN1Cc1ccccc1. The van der Waals surface area contributed by atoms with E-state index in [1.165, 1.54) is 18.4 Å². The molecule has 0 radical (unpaired) electrons. The third kappa shape index (κ3) is 3.57. The van der Waals surface area contributed by atoms with Gasteiger partial charge in [0.15, 0.2) is 0 Å². The molecule has 1 aliphatic rings. The van der Waals surface area contributed by atoms with Crippen LogP contribution in [-0.4, -0.2) is 28.6 Å². The molecule has 0 amide bonds. The highest BCUT2D eigenvalue weighted by atomic mass is 16.4. The van der Waals surface area contributed by atoms with Crippen LogP contribution in [0, 0.1) is 0 Å². The summed E-state index contributed by atoms with van der Waals surface area (Å²) >= 11 is 0. The van der Waals surface area contributed by atoms with E-state index in [0.29, 0.717) is 0 Å². The van der Waals surface area contributed by atoms with Gasteiger partial charge < -0.3 is 5.11 Å². The zero-order valence-corrected chi connectivity index (χ0v) is 10.7. The van der Waals surface area contributed by atoms with E-state index in [0.717, 1.165) is 32.4 Å². The van der Waals surface area contributed by atoms with E-state index in [1.54, 1.807) is 0 Å². The molecule has 18 heavy (non-hydrogen) atoms. The number of carboxylic acid groups (broad SMARTS) is 1. The number of likely N-dealkylation sites (tertiary alicyclic amines) is 1. The van der Waals surface area contributed by atoms with Crippen LogP contribution in [0.15, 0.2) is 30.3 Å². The van der Waals surface area contributed by atoms with Gasteiger partial charge in [-0.3, -0.25) is 9.69 Å². The van der Waals surface area contributed by atoms with Crippen LogP contribution in [-0.2, 0) is 11.3 Å². The molecule has 98 valence electrons. The molecule has 1 aliphatic heterocycles. The average Bonchev–Trinajstić information content (AvgIpc) is 2.33. The highest BCUT2D eigenvalue weighted by Gasteiger charge is 2.25. The standard InChI is InChI=1S/C15H21NO2/c17-15(18)14-10-6-1-2-7-11-16(14)12-13-8-4-3-5-9-13/h3-5,8-9,14H,1-2,6-7,10-12H2,(H,17,18). The van der Waals surface area contributed by atoms with Gasteiger partial charge in [-0.1, -0.05) is 49.6 Å². The van der Waals surface area contributed by atoms with Gasteiger partial charge >= 0.3 is 5.97 Å². The Morgan fingerprint density at radius 2 is 1.89 bits per heavy atom. The first-order valence-corrected chi connectivity index (χ1v) is 6.78. The first kappa shape index (κ1) is 13.1. The molecule has 1 N–H and O–H groups in total. The highest BCUT2D eigenvalue weighted by Crippen LogP contribution is 2.19. The molecule has 1 aromatic carbocycles. The Morgan fingerprint density at radius 1 is 1.17 bits per heavy atom. The van der Waals surface area contributed by atoms with E-state index >= 15 is 0 Å². The minimum absolute atomic E-state index is 0.314. The van der Waals surface area contributed by atoms with Crippen LogP contribution < -0.4 is 0 Å². The number of nitrogens with zero attached hydrogens (tertiary/aromatic N) is 1. The lowest BCUT2D eigenvalue weighted by Crippen LogP contribution is -2.42. The van der Waals surface area contributed by atoms with Gasteiger partial charge in [-0.25, -0.2) is 0 Å². The molecule has 0 aliphatic carbocycles. The first-order valence-electron chi connectivity index (χ1n) is 6.78. The molecule has 1 aromatic rings. The predicted octanol–water partition coefficient (Wildman–Crippen LogP) is 2.91. The first-order chi connectivity index (χ1) is 8.77. The summed E-state index contributed by atoms with van der Waals surface area (Å²) in [5.74, 6) is -0.673. The zero-order chi connectivity index (χ0) is 12.8. The van der Waals surface area contributed by atoms with E-state index in [4.69, 9.17) is 0 Å². The third-order valence-corrected chi connectivity index (χ3v) is 3.63. The second-order valence-corrected chi connectivity index (χ2v) is 5.01. The average molecular weight is 247 g/mol. The predicted molar refractivity (Wildman–Crippen MR) is 71.4 cm³/mol. The van der Waals surface area contributed by atoms with E-state index in [1.807, 2.05) is 18.2 Å². The Labute approximate surface area is 108 Å². The number of aliphatic carboxylic acids is 1. The minimum Gasteiger partial charge on any atom is -0.480 e. The molecule has 3 heteroatoms. The molecule has 1 fully saturated rings. The number of hydrogen-bond donors (Lipinski definition) is 1. The Morgan fingerprint density at radius 3 is 2.61 bits per heavy atom. The molecule has 1 heterocycles. The number of benzene rings is 1. The molecule has 0 aromatic heterocycles. The maximum Gasteiger partial charge on any atom is 0.320 e. The smallest absolute Gasteiger partial charge is 0.320 e. The third-order valence-electron chi connectivity index (χ3n) is 3.63. The number of carbonyl (C=O) groups is 1. The summed E-state index contributed by atoms with van der Waals surface area (Å²) in [7, 11) is 0. The van der Waals surface area contributed by atoms with Crippen molar-refractivity contribution >= 4 is 5.97 Å². The van der Waals surface area contributed by atoms with E-state index in [2.05, 4.69) is 17.0 Å². The second-order valence-electron chi connectivity index (χ2n) is 5.01. The zero-order valence-electron chi connectivity index (χ0n) is 10.7. The van der Waals surface area contributed by atoms with Crippen molar-refractivity contribution in [3.8, 4) is 0 Å². The lowest BCUT2D eigenvalue weighted by molar-refractivity contribution is -0.144. The van der Waals surface area contributed by atoms with Gasteiger partial charge in [0.25, 0.3) is 0 Å². The summed E-state index contributed by atoms with van der Waals surface area (Å²) in [6.07, 6.45) is 5.31. The van der Waals surface area contributed by atoms with Crippen molar-refractivity contribution in [1.29, 1.82) is 0 Å². The van der Waals surface area contributed by atoms with Crippen molar-refractivity contribution < 1.29 is 9.90 Å². The van der Waals surface area contributed by atoms with Crippen LogP contribution in [0.5, 0.6) is 0 Å². The molecular formula is C15H21NO2. The molecule has 1 saturated heterocycles. The molecular weight excluding hydrogens is 226 g/mol. The van der Waals surface area contributed by atoms with Crippen molar-refractivity contribution in [1.82, 2.24) is 4.90 Å². The Kier molecular flexibility index (Phi) is 4.76. The number of hydrogen-bond acceptors (Lipinski definition) is 2. The van der Waals surface area contributed by atoms with Crippen LogP contribution in [0.2, 0.25) is 0 Å². The van der Waals surface area contributed by atoms with Crippen LogP contribution in [0.25, 0.3) is 0 Å². The molecule has 3 nitrogen and oxygen atoms in total. The van der Waals surface area contributed by atoms with Crippen molar-refractivity contribution in [3.63, 3.8) is 0 Å². The van der Waals surface area contributed by atoms with Crippen molar-refractivity contribution in [2.75, 3.05) is 6.54 Å². The molecule has 1 atom stereocenters. The summed E-state index contributed by atoms with van der Waals surface area (Å²) in [5, 5.41) is 9.36. The van der Waals surface area contributed by atoms with Gasteiger partial charge in [-0.15, -0.1) is 0 Å². The lowest BCUT2D eigenvalue weighted by Gasteiger charge is -2.30. The topological polar surface area (TPSA) is 40.5 Å². The largest absolute Gasteiger partial charge is 0.480 e. The minimum atomic E-state index is -0.673. The molecule has 0 spiro atoms. The quantitative estimate of drug-likeness (QED) is 0.892. The summed E-state index contributed by atoms with van der Waals surface area (Å²) in [6.45, 7) is 1.64. The van der Waals surface area contributed by atoms with Gasteiger partial charge in [-0.05, 0) is 24.9 Å². The number of rotatable bonds is 3. The molecule has 1 unspecified atom stereocenters. The van der Waals surface area contributed by atoms with E-state index in [9.17, 15) is 9.90 Å². The summed E-state index contributed by atoms with van der Waals surface area (Å²) in [5.41, 5.74) is 1.20. The maximum absolute atomic E-state index is 11.4.